The predicted octanol–water partition coefficient (Wildman–Crippen LogP) is 1.96. The van der Waals surface area contributed by atoms with E-state index in [1.165, 1.54) is 0 Å². The van der Waals surface area contributed by atoms with Crippen molar-refractivity contribution in [3.05, 3.63) is 33.8 Å². The van der Waals surface area contributed by atoms with Gasteiger partial charge in [-0.2, -0.15) is 0 Å². The molecule has 3 saturated heterocycles. The van der Waals surface area contributed by atoms with Crippen LogP contribution in [0.4, 0.5) is 0 Å². The number of carbonyl (C=O) groups excluding carboxylic acids is 2. The van der Waals surface area contributed by atoms with Gasteiger partial charge in [0.1, 0.15) is 5.60 Å². The molecule has 3 aliphatic heterocycles. The summed E-state index contributed by atoms with van der Waals surface area (Å²) in [6, 6.07) is 4.91. The number of nitrogens with zero attached hydrogens (tertiary/aromatic N) is 3. The Bertz CT molecular complexity index is 903. The average molecular weight is 482 g/mol. The van der Waals surface area contributed by atoms with Crippen molar-refractivity contribution < 1.29 is 19.4 Å². The van der Waals surface area contributed by atoms with Crippen LogP contribution < -0.4 is 0 Å². The van der Waals surface area contributed by atoms with Crippen LogP contribution in [-0.2, 0) is 20.7 Å². The Hall–Kier alpha value is -1.38. The summed E-state index contributed by atoms with van der Waals surface area (Å²) in [5, 5.41) is 11.4. The number of piperazine rings is 1. The van der Waals surface area contributed by atoms with Gasteiger partial charge < -0.3 is 19.6 Å². The minimum absolute atomic E-state index is 0.0155. The van der Waals surface area contributed by atoms with Crippen LogP contribution in [-0.4, -0.2) is 94.7 Å². The van der Waals surface area contributed by atoms with Crippen molar-refractivity contribution in [2.75, 3.05) is 39.4 Å². The molecule has 1 N–H and O–H groups in total. The fourth-order valence-corrected chi connectivity index (χ4v) is 5.77. The lowest BCUT2D eigenvalue weighted by atomic mass is 9.90. The standard InChI is InChI=1S/C23H29Cl2N3O4/c24-16-4-3-15(11-17(16)25)12-20(29)28-10-9-27(22(30)23(31)5-6-23)19-14-32-13-18(21(19)28)26-7-1-2-8-26/h3-4,11,18-19,21,31H,1-2,5-10,12-14H2/t18-,19+,21+/m1/s1. The Balaban J connectivity index is 1.41. The third kappa shape index (κ3) is 4.14. The summed E-state index contributed by atoms with van der Waals surface area (Å²) < 4.78 is 5.97. The number of halogens is 2. The Morgan fingerprint density at radius 1 is 1.00 bits per heavy atom. The topological polar surface area (TPSA) is 73.3 Å². The molecule has 7 nitrogen and oxygen atoms in total. The SMILES string of the molecule is O=C(Cc1ccc(Cl)c(Cl)c1)N1CCN(C(=O)C2(O)CC2)[C@H]2COC[C@@H](N3CCCC3)[C@@H]21. The Labute approximate surface area is 198 Å². The van der Waals surface area contributed by atoms with Crippen molar-refractivity contribution in [1.29, 1.82) is 0 Å². The van der Waals surface area contributed by atoms with E-state index in [-0.39, 0.29) is 36.4 Å². The van der Waals surface area contributed by atoms with Gasteiger partial charge in [0.25, 0.3) is 5.91 Å². The van der Waals surface area contributed by atoms with Gasteiger partial charge in [0.2, 0.25) is 5.91 Å². The Morgan fingerprint density at radius 2 is 1.69 bits per heavy atom. The number of likely N-dealkylation sites (tertiary alicyclic amines) is 1. The van der Waals surface area contributed by atoms with Gasteiger partial charge in [-0.25, -0.2) is 0 Å². The van der Waals surface area contributed by atoms with E-state index in [0.29, 0.717) is 49.2 Å². The number of hydrogen-bond donors (Lipinski definition) is 1. The predicted molar refractivity (Wildman–Crippen MR) is 121 cm³/mol. The molecule has 0 spiro atoms. The molecule has 32 heavy (non-hydrogen) atoms. The zero-order valence-corrected chi connectivity index (χ0v) is 19.5. The molecule has 2 amide bonds. The summed E-state index contributed by atoms with van der Waals surface area (Å²) in [5.41, 5.74) is -0.409. The molecule has 4 fully saturated rings. The van der Waals surface area contributed by atoms with E-state index in [1.807, 2.05) is 11.0 Å². The van der Waals surface area contributed by atoms with Gasteiger partial charge in [0, 0.05) is 13.1 Å². The summed E-state index contributed by atoms with van der Waals surface area (Å²) in [7, 11) is 0. The smallest absolute Gasteiger partial charge is 0.254 e. The Kier molecular flexibility index (Phi) is 6.14. The molecule has 0 unspecified atom stereocenters. The molecule has 9 heteroatoms. The van der Waals surface area contributed by atoms with Crippen LogP contribution in [0.1, 0.15) is 31.2 Å². The van der Waals surface area contributed by atoms with E-state index in [0.717, 1.165) is 31.5 Å². The van der Waals surface area contributed by atoms with Gasteiger partial charge in [-0.05, 0) is 56.5 Å². The third-order valence-electron chi connectivity index (χ3n) is 7.36. The Morgan fingerprint density at radius 3 is 2.38 bits per heavy atom. The first kappa shape index (κ1) is 22.4. The second-order valence-electron chi connectivity index (χ2n) is 9.45. The van der Waals surface area contributed by atoms with Crippen molar-refractivity contribution >= 4 is 35.0 Å². The van der Waals surface area contributed by atoms with Crippen LogP contribution in [0.3, 0.4) is 0 Å². The lowest BCUT2D eigenvalue weighted by molar-refractivity contribution is -0.169. The number of rotatable bonds is 4. The first-order valence-electron chi connectivity index (χ1n) is 11.5. The molecule has 4 aliphatic rings. The second-order valence-corrected chi connectivity index (χ2v) is 10.3. The maximum Gasteiger partial charge on any atom is 0.254 e. The maximum absolute atomic E-state index is 13.5. The third-order valence-corrected chi connectivity index (χ3v) is 8.10. The van der Waals surface area contributed by atoms with Gasteiger partial charge >= 0.3 is 0 Å². The van der Waals surface area contributed by atoms with Crippen LogP contribution in [0.15, 0.2) is 18.2 Å². The summed E-state index contributed by atoms with van der Waals surface area (Å²) in [6.45, 7) is 3.74. The molecule has 0 bridgehead atoms. The van der Waals surface area contributed by atoms with Crippen molar-refractivity contribution in [2.45, 2.75) is 55.8 Å². The number of aliphatic hydroxyl groups is 1. The molecular formula is C23H29Cl2N3O4. The van der Waals surface area contributed by atoms with E-state index < -0.39 is 5.60 Å². The second kappa shape index (κ2) is 8.76. The molecule has 5 rings (SSSR count). The number of amides is 2. The summed E-state index contributed by atoms with van der Waals surface area (Å²) in [6.07, 6.45) is 3.51. The van der Waals surface area contributed by atoms with E-state index in [9.17, 15) is 14.7 Å². The lowest BCUT2D eigenvalue weighted by Gasteiger charge is -2.54. The number of ether oxygens (including phenoxy) is 1. The molecule has 0 radical (unpaired) electrons. The van der Waals surface area contributed by atoms with E-state index in [2.05, 4.69) is 4.90 Å². The highest BCUT2D eigenvalue weighted by Crippen LogP contribution is 2.39. The number of carbonyl (C=O) groups is 2. The minimum Gasteiger partial charge on any atom is -0.380 e. The highest BCUT2D eigenvalue weighted by molar-refractivity contribution is 6.42. The van der Waals surface area contributed by atoms with Gasteiger partial charge in [-0.3, -0.25) is 14.5 Å². The van der Waals surface area contributed by atoms with Gasteiger partial charge in [0.05, 0.1) is 47.8 Å². The van der Waals surface area contributed by atoms with Gasteiger partial charge in [-0.15, -0.1) is 0 Å². The summed E-state index contributed by atoms with van der Waals surface area (Å²) in [5.74, 6) is -0.198. The lowest BCUT2D eigenvalue weighted by Crippen LogP contribution is -2.73. The molecule has 1 aliphatic carbocycles. The molecule has 1 saturated carbocycles. The highest BCUT2D eigenvalue weighted by atomic mass is 35.5. The average Bonchev–Trinajstić information content (AvgIpc) is 3.31. The normalized spacial score (nSPS) is 29.7. The van der Waals surface area contributed by atoms with Crippen LogP contribution in [0.25, 0.3) is 0 Å². The molecule has 1 aromatic carbocycles. The number of benzene rings is 1. The van der Waals surface area contributed by atoms with Crippen LogP contribution >= 0.6 is 23.2 Å². The largest absolute Gasteiger partial charge is 0.380 e. The van der Waals surface area contributed by atoms with Crippen LogP contribution in [0, 0.1) is 0 Å². The highest BCUT2D eigenvalue weighted by Gasteiger charge is 2.55. The number of hydrogen-bond acceptors (Lipinski definition) is 5. The molecular weight excluding hydrogens is 453 g/mol. The van der Waals surface area contributed by atoms with Crippen LogP contribution in [0.2, 0.25) is 10.0 Å². The summed E-state index contributed by atoms with van der Waals surface area (Å²) >= 11 is 12.2. The fraction of sp³-hybridized carbons (Fsp3) is 0.652. The zero-order chi connectivity index (χ0) is 22.5. The molecule has 0 aromatic heterocycles. The van der Waals surface area contributed by atoms with Crippen molar-refractivity contribution in [3.63, 3.8) is 0 Å². The van der Waals surface area contributed by atoms with E-state index in [1.54, 1.807) is 17.0 Å². The van der Waals surface area contributed by atoms with E-state index in [4.69, 9.17) is 27.9 Å². The van der Waals surface area contributed by atoms with E-state index >= 15 is 0 Å². The maximum atomic E-state index is 13.5. The monoisotopic (exact) mass is 481 g/mol. The van der Waals surface area contributed by atoms with Gasteiger partial charge in [0.15, 0.2) is 0 Å². The van der Waals surface area contributed by atoms with Crippen molar-refractivity contribution in [3.8, 4) is 0 Å². The molecule has 3 heterocycles. The minimum atomic E-state index is -1.22. The fourth-order valence-electron chi connectivity index (χ4n) is 5.45. The van der Waals surface area contributed by atoms with Gasteiger partial charge in [-0.1, -0.05) is 29.3 Å². The van der Waals surface area contributed by atoms with Crippen molar-refractivity contribution in [1.82, 2.24) is 14.7 Å². The summed E-state index contributed by atoms with van der Waals surface area (Å²) in [4.78, 5) is 32.7. The quantitative estimate of drug-likeness (QED) is 0.711. The number of fused-ring (bicyclic) bond motifs is 1. The molecule has 3 atom stereocenters. The zero-order valence-electron chi connectivity index (χ0n) is 18.0. The first-order chi connectivity index (χ1) is 15.4. The molecule has 174 valence electrons. The molecule has 1 aromatic rings. The van der Waals surface area contributed by atoms with Crippen molar-refractivity contribution in [2.24, 2.45) is 0 Å². The first-order valence-corrected chi connectivity index (χ1v) is 12.2. The van der Waals surface area contributed by atoms with Crippen LogP contribution in [0.5, 0.6) is 0 Å².